The van der Waals surface area contributed by atoms with Crippen molar-refractivity contribution in [2.75, 3.05) is 5.88 Å². The molecule has 1 aromatic rings. The van der Waals surface area contributed by atoms with Crippen LogP contribution in [0.4, 0.5) is 8.78 Å². The topological polar surface area (TPSA) is 26.3 Å². The minimum absolute atomic E-state index is 0.0449. The van der Waals surface area contributed by atoms with E-state index >= 15 is 0 Å². The van der Waals surface area contributed by atoms with Gasteiger partial charge in [-0.1, -0.05) is 19.1 Å². The van der Waals surface area contributed by atoms with E-state index in [2.05, 4.69) is 4.74 Å². The summed E-state index contributed by atoms with van der Waals surface area (Å²) in [4.78, 5) is 11.2. The van der Waals surface area contributed by atoms with E-state index in [9.17, 15) is 13.6 Å². The number of hydrogen-bond donors (Lipinski definition) is 0. The lowest BCUT2D eigenvalue weighted by atomic mass is 10.0. The second-order valence-corrected chi connectivity index (χ2v) is 3.79. The molecule has 0 spiro atoms. The third-order valence-electron chi connectivity index (χ3n) is 2.27. The summed E-state index contributed by atoms with van der Waals surface area (Å²) in [5.74, 6) is 0.0114. The molecule has 1 aromatic carbocycles. The largest absolute Gasteiger partial charge is 0.435 e. The molecule has 0 saturated carbocycles. The van der Waals surface area contributed by atoms with E-state index in [1.165, 1.54) is 6.07 Å². The van der Waals surface area contributed by atoms with E-state index in [1.54, 1.807) is 12.1 Å². The van der Waals surface area contributed by atoms with Crippen molar-refractivity contribution in [1.82, 2.24) is 0 Å². The van der Waals surface area contributed by atoms with E-state index < -0.39 is 6.61 Å². The normalized spacial score (nSPS) is 10.6. The Morgan fingerprint density at radius 1 is 1.47 bits per heavy atom. The molecule has 17 heavy (non-hydrogen) atoms. The van der Waals surface area contributed by atoms with E-state index in [-0.39, 0.29) is 23.8 Å². The van der Waals surface area contributed by atoms with Crippen LogP contribution in [0.15, 0.2) is 18.2 Å². The number of Topliss-reactive ketones (excluding diaryl/α,β-unsaturated/α-hetero) is 1. The van der Waals surface area contributed by atoms with E-state index in [0.29, 0.717) is 12.0 Å². The van der Waals surface area contributed by atoms with Crippen molar-refractivity contribution in [2.45, 2.75) is 26.4 Å². The maximum absolute atomic E-state index is 12.1. The van der Waals surface area contributed by atoms with Gasteiger partial charge in [-0.2, -0.15) is 8.78 Å². The molecule has 0 N–H and O–H groups in total. The van der Waals surface area contributed by atoms with Crippen LogP contribution in [-0.4, -0.2) is 18.3 Å². The summed E-state index contributed by atoms with van der Waals surface area (Å²) in [7, 11) is 0. The summed E-state index contributed by atoms with van der Waals surface area (Å²) < 4.78 is 28.6. The van der Waals surface area contributed by atoms with E-state index in [1.807, 2.05) is 6.92 Å². The molecule has 1 rings (SSSR count). The molecule has 0 fully saturated rings. The van der Waals surface area contributed by atoms with Crippen molar-refractivity contribution in [3.05, 3.63) is 29.3 Å². The van der Waals surface area contributed by atoms with Crippen molar-refractivity contribution >= 4 is 17.4 Å². The van der Waals surface area contributed by atoms with Crippen LogP contribution in [0.3, 0.4) is 0 Å². The molecule has 0 aliphatic heterocycles. The Bertz CT molecular complexity index is 394. The standard InChI is InChI=1S/C12H13ClF2O2/c1-2-9-5-8(6-10(16)7-13)3-4-11(9)17-12(14)15/h3-5,12H,2,6-7H2,1H3. The number of aryl methyl sites for hydroxylation is 1. The Labute approximate surface area is 104 Å². The fourth-order valence-electron chi connectivity index (χ4n) is 1.50. The number of carbonyl (C=O) groups excluding carboxylic acids is 1. The quantitative estimate of drug-likeness (QED) is 0.736. The molecular weight excluding hydrogens is 250 g/mol. The van der Waals surface area contributed by atoms with Gasteiger partial charge in [0.2, 0.25) is 0 Å². The van der Waals surface area contributed by atoms with E-state index in [0.717, 1.165) is 5.56 Å². The monoisotopic (exact) mass is 262 g/mol. The first kappa shape index (κ1) is 13.9. The Balaban J connectivity index is 2.88. The molecule has 0 aliphatic carbocycles. The van der Waals surface area contributed by atoms with E-state index in [4.69, 9.17) is 11.6 Å². The predicted octanol–water partition coefficient (Wildman–Crippen LogP) is 3.20. The molecule has 0 aromatic heterocycles. The highest BCUT2D eigenvalue weighted by atomic mass is 35.5. The Hall–Kier alpha value is -1.16. The number of ether oxygens (including phenoxy) is 1. The summed E-state index contributed by atoms with van der Waals surface area (Å²) in [6.45, 7) is -1.00. The molecule has 0 atom stereocenters. The second kappa shape index (κ2) is 6.55. The van der Waals surface area contributed by atoms with Crippen LogP contribution >= 0.6 is 11.6 Å². The van der Waals surface area contributed by atoms with Gasteiger partial charge in [-0.3, -0.25) is 4.79 Å². The van der Waals surface area contributed by atoms with Crippen molar-refractivity contribution in [3.8, 4) is 5.75 Å². The average Bonchev–Trinajstić information content (AvgIpc) is 2.30. The molecule has 94 valence electrons. The highest BCUT2D eigenvalue weighted by molar-refractivity contribution is 6.27. The van der Waals surface area contributed by atoms with Crippen molar-refractivity contribution in [3.63, 3.8) is 0 Å². The second-order valence-electron chi connectivity index (χ2n) is 3.52. The van der Waals surface area contributed by atoms with Gasteiger partial charge in [-0.15, -0.1) is 11.6 Å². The molecule has 5 heteroatoms. The number of alkyl halides is 3. The maximum atomic E-state index is 12.1. The highest BCUT2D eigenvalue weighted by Gasteiger charge is 2.10. The molecule has 2 nitrogen and oxygen atoms in total. The number of hydrogen-bond acceptors (Lipinski definition) is 2. The van der Waals surface area contributed by atoms with Crippen LogP contribution in [0, 0.1) is 0 Å². The molecule has 0 radical (unpaired) electrons. The SMILES string of the molecule is CCc1cc(CC(=O)CCl)ccc1OC(F)F. The number of ketones is 1. The first-order chi connectivity index (χ1) is 8.06. The van der Waals surface area contributed by atoms with Crippen molar-refractivity contribution in [2.24, 2.45) is 0 Å². The minimum atomic E-state index is -2.84. The molecule has 0 saturated heterocycles. The lowest BCUT2D eigenvalue weighted by Crippen LogP contribution is -2.07. The zero-order chi connectivity index (χ0) is 12.8. The van der Waals surface area contributed by atoms with Crippen molar-refractivity contribution in [1.29, 1.82) is 0 Å². The van der Waals surface area contributed by atoms with Crippen LogP contribution in [0.5, 0.6) is 5.75 Å². The van der Waals surface area contributed by atoms with Crippen LogP contribution in [0.1, 0.15) is 18.1 Å². The van der Waals surface area contributed by atoms with Gasteiger partial charge in [0.15, 0.2) is 5.78 Å². The first-order valence-corrected chi connectivity index (χ1v) is 5.74. The summed E-state index contributed by atoms with van der Waals surface area (Å²) in [6.07, 6.45) is 0.774. The first-order valence-electron chi connectivity index (χ1n) is 5.21. The number of benzene rings is 1. The fourth-order valence-corrected chi connectivity index (χ4v) is 1.60. The number of carbonyl (C=O) groups is 1. The molecule has 0 amide bonds. The van der Waals surface area contributed by atoms with Gasteiger partial charge in [0.05, 0.1) is 5.88 Å². The minimum Gasteiger partial charge on any atom is -0.435 e. The molecule has 0 heterocycles. The zero-order valence-corrected chi connectivity index (χ0v) is 10.1. The zero-order valence-electron chi connectivity index (χ0n) is 9.38. The molecular formula is C12H13ClF2O2. The lowest BCUT2D eigenvalue weighted by Gasteiger charge is -2.10. The highest BCUT2D eigenvalue weighted by Crippen LogP contribution is 2.23. The summed E-state index contributed by atoms with van der Waals surface area (Å²) in [6, 6.07) is 4.76. The smallest absolute Gasteiger partial charge is 0.387 e. The van der Waals surface area contributed by atoms with Gasteiger partial charge < -0.3 is 4.74 Å². The fraction of sp³-hybridized carbons (Fsp3) is 0.417. The van der Waals surface area contributed by atoms with Gasteiger partial charge in [0.25, 0.3) is 0 Å². The van der Waals surface area contributed by atoms with Crippen LogP contribution < -0.4 is 4.74 Å². The molecule has 0 unspecified atom stereocenters. The predicted molar refractivity (Wildman–Crippen MR) is 61.9 cm³/mol. The Kier molecular flexibility index (Phi) is 5.35. The molecule has 0 aliphatic rings. The number of rotatable bonds is 6. The van der Waals surface area contributed by atoms with Crippen molar-refractivity contribution < 1.29 is 18.3 Å². The molecule has 0 bridgehead atoms. The van der Waals surface area contributed by atoms with Crippen LogP contribution in [0.25, 0.3) is 0 Å². The summed E-state index contributed by atoms with van der Waals surface area (Å²) in [5, 5.41) is 0. The average molecular weight is 263 g/mol. The van der Waals surface area contributed by atoms with Gasteiger partial charge in [-0.05, 0) is 23.6 Å². The van der Waals surface area contributed by atoms with Crippen LogP contribution in [0.2, 0.25) is 0 Å². The third kappa shape index (κ3) is 4.30. The van der Waals surface area contributed by atoms with Gasteiger partial charge in [0.1, 0.15) is 5.75 Å². The Morgan fingerprint density at radius 2 is 2.18 bits per heavy atom. The van der Waals surface area contributed by atoms with Gasteiger partial charge >= 0.3 is 6.61 Å². The number of halogens is 3. The maximum Gasteiger partial charge on any atom is 0.387 e. The summed E-state index contributed by atoms with van der Waals surface area (Å²) >= 11 is 5.40. The summed E-state index contributed by atoms with van der Waals surface area (Å²) in [5.41, 5.74) is 1.42. The third-order valence-corrected chi connectivity index (χ3v) is 2.57. The lowest BCUT2D eigenvalue weighted by molar-refractivity contribution is -0.116. The van der Waals surface area contributed by atoms with Crippen LogP contribution in [-0.2, 0) is 17.6 Å². The van der Waals surface area contributed by atoms with Gasteiger partial charge in [0, 0.05) is 6.42 Å². The Morgan fingerprint density at radius 3 is 2.71 bits per heavy atom. The van der Waals surface area contributed by atoms with Gasteiger partial charge in [-0.25, -0.2) is 0 Å².